The summed E-state index contributed by atoms with van der Waals surface area (Å²) >= 11 is 7.56. The van der Waals surface area contributed by atoms with Crippen LogP contribution in [0, 0.1) is 0 Å². The van der Waals surface area contributed by atoms with Crippen molar-refractivity contribution in [2.75, 3.05) is 17.2 Å². The van der Waals surface area contributed by atoms with E-state index in [1.807, 2.05) is 6.92 Å². The molecular formula is C22H24ClN3O3S2. The molecule has 2 aliphatic heterocycles. The fourth-order valence-electron chi connectivity index (χ4n) is 3.82. The van der Waals surface area contributed by atoms with Crippen molar-refractivity contribution in [2.45, 2.75) is 43.2 Å². The predicted molar refractivity (Wildman–Crippen MR) is 126 cm³/mol. The molecule has 0 unspecified atom stereocenters. The SMILES string of the molecule is C[C@H]1CSC(N(C(=O)[C@@H]2CCCCN2S(=O)(=O)c2ccccc2)c2ccc(Cl)cc2)=N1. The van der Waals surface area contributed by atoms with Crippen LogP contribution < -0.4 is 4.90 Å². The molecule has 0 aliphatic carbocycles. The Morgan fingerprint density at radius 3 is 2.48 bits per heavy atom. The van der Waals surface area contributed by atoms with Crippen LogP contribution in [-0.4, -0.2) is 48.2 Å². The van der Waals surface area contributed by atoms with Crippen LogP contribution in [0.15, 0.2) is 64.5 Å². The average molecular weight is 478 g/mol. The third kappa shape index (κ3) is 4.67. The molecule has 0 N–H and O–H groups in total. The molecule has 1 amide bonds. The number of hydrogen-bond acceptors (Lipinski definition) is 5. The third-order valence-corrected chi connectivity index (χ3v) is 8.74. The quantitative estimate of drug-likeness (QED) is 0.654. The highest BCUT2D eigenvalue weighted by atomic mass is 35.5. The summed E-state index contributed by atoms with van der Waals surface area (Å²) in [4.78, 5) is 20.3. The van der Waals surface area contributed by atoms with Gasteiger partial charge in [-0.15, -0.1) is 0 Å². The number of thioether (sulfide) groups is 1. The number of hydrogen-bond donors (Lipinski definition) is 0. The number of piperidine rings is 1. The molecule has 2 heterocycles. The van der Waals surface area contributed by atoms with Crippen LogP contribution in [0.4, 0.5) is 5.69 Å². The molecule has 1 saturated heterocycles. The number of carbonyl (C=O) groups excluding carboxylic acids is 1. The Morgan fingerprint density at radius 1 is 1.13 bits per heavy atom. The summed E-state index contributed by atoms with van der Waals surface area (Å²) in [6.07, 6.45) is 1.99. The molecular weight excluding hydrogens is 454 g/mol. The first-order chi connectivity index (χ1) is 14.9. The van der Waals surface area contributed by atoms with Crippen molar-refractivity contribution >= 4 is 50.1 Å². The second-order valence-electron chi connectivity index (χ2n) is 7.66. The van der Waals surface area contributed by atoms with Crippen LogP contribution in [0.3, 0.4) is 0 Å². The van der Waals surface area contributed by atoms with Gasteiger partial charge < -0.3 is 0 Å². The van der Waals surface area contributed by atoms with Crippen LogP contribution in [0.2, 0.25) is 5.02 Å². The fourth-order valence-corrected chi connectivity index (χ4v) is 6.66. The largest absolute Gasteiger partial charge is 0.272 e. The molecule has 6 nitrogen and oxygen atoms in total. The predicted octanol–water partition coefficient (Wildman–Crippen LogP) is 4.41. The average Bonchev–Trinajstić information content (AvgIpc) is 3.21. The summed E-state index contributed by atoms with van der Waals surface area (Å²) in [6.45, 7) is 2.31. The van der Waals surface area contributed by atoms with Crippen LogP contribution >= 0.6 is 23.4 Å². The minimum atomic E-state index is -3.79. The number of sulfonamides is 1. The Labute approximate surface area is 192 Å². The zero-order chi connectivity index (χ0) is 22.0. The summed E-state index contributed by atoms with van der Waals surface area (Å²) in [6, 6.07) is 14.6. The van der Waals surface area contributed by atoms with Gasteiger partial charge in [0.25, 0.3) is 5.91 Å². The topological polar surface area (TPSA) is 70.1 Å². The van der Waals surface area contributed by atoms with Crippen molar-refractivity contribution in [3.8, 4) is 0 Å². The summed E-state index contributed by atoms with van der Waals surface area (Å²) in [5.41, 5.74) is 0.636. The minimum absolute atomic E-state index is 0.0955. The Balaban J connectivity index is 1.72. The van der Waals surface area contributed by atoms with Crippen LogP contribution in [0.5, 0.6) is 0 Å². The number of benzene rings is 2. The minimum Gasteiger partial charge on any atom is -0.272 e. The third-order valence-electron chi connectivity index (χ3n) is 5.37. The molecule has 2 aliphatic rings. The number of rotatable bonds is 4. The van der Waals surface area contributed by atoms with E-state index < -0.39 is 16.1 Å². The normalized spacial score (nSPS) is 22.2. The van der Waals surface area contributed by atoms with Gasteiger partial charge >= 0.3 is 0 Å². The number of anilines is 1. The van der Waals surface area contributed by atoms with E-state index in [1.165, 1.54) is 16.1 Å². The molecule has 9 heteroatoms. The smallest absolute Gasteiger partial charge is 0.251 e. The van der Waals surface area contributed by atoms with Gasteiger partial charge in [0.2, 0.25) is 10.0 Å². The lowest BCUT2D eigenvalue weighted by Crippen LogP contribution is -2.54. The fraction of sp³-hybridized carbons (Fsp3) is 0.364. The number of amides is 1. The Hall–Kier alpha value is -1.87. The first-order valence-corrected chi connectivity index (χ1v) is 13.1. The van der Waals surface area contributed by atoms with Gasteiger partial charge in [0.15, 0.2) is 5.17 Å². The molecule has 0 saturated carbocycles. The van der Waals surface area contributed by atoms with E-state index in [0.29, 0.717) is 28.8 Å². The van der Waals surface area contributed by atoms with Crippen molar-refractivity contribution in [1.82, 2.24) is 4.31 Å². The van der Waals surface area contributed by atoms with Gasteiger partial charge in [-0.2, -0.15) is 4.31 Å². The van der Waals surface area contributed by atoms with Crippen molar-refractivity contribution in [3.05, 3.63) is 59.6 Å². The highest BCUT2D eigenvalue weighted by molar-refractivity contribution is 8.14. The summed E-state index contributed by atoms with van der Waals surface area (Å²) in [5, 5.41) is 1.17. The summed E-state index contributed by atoms with van der Waals surface area (Å²) < 4.78 is 28.1. The highest BCUT2D eigenvalue weighted by Crippen LogP contribution is 2.32. The van der Waals surface area contributed by atoms with E-state index in [-0.39, 0.29) is 16.8 Å². The summed E-state index contributed by atoms with van der Waals surface area (Å²) in [7, 11) is -3.79. The van der Waals surface area contributed by atoms with Crippen molar-refractivity contribution < 1.29 is 13.2 Å². The number of halogens is 1. The van der Waals surface area contributed by atoms with Crippen LogP contribution in [0.25, 0.3) is 0 Å². The molecule has 164 valence electrons. The number of carbonyl (C=O) groups is 1. The van der Waals surface area contributed by atoms with Crippen LogP contribution in [0.1, 0.15) is 26.2 Å². The maximum absolute atomic E-state index is 13.9. The second kappa shape index (κ2) is 9.32. The Kier molecular flexibility index (Phi) is 6.71. The van der Waals surface area contributed by atoms with Crippen molar-refractivity contribution in [3.63, 3.8) is 0 Å². The monoisotopic (exact) mass is 477 g/mol. The molecule has 31 heavy (non-hydrogen) atoms. The van der Waals surface area contributed by atoms with E-state index in [9.17, 15) is 13.2 Å². The molecule has 2 aromatic rings. The van der Waals surface area contributed by atoms with Gasteiger partial charge in [-0.1, -0.05) is 48.0 Å². The van der Waals surface area contributed by atoms with E-state index in [2.05, 4.69) is 4.99 Å². The Bertz CT molecular complexity index is 1070. The molecule has 0 bridgehead atoms. The van der Waals surface area contributed by atoms with Gasteiger partial charge in [-0.05, 0) is 56.2 Å². The van der Waals surface area contributed by atoms with E-state index in [0.717, 1.165) is 18.6 Å². The van der Waals surface area contributed by atoms with Gasteiger partial charge in [-0.3, -0.25) is 14.7 Å². The van der Waals surface area contributed by atoms with Crippen molar-refractivity contribution in [2.24, 2.45) is 4.99 Å². The molecule has 2 aromatic carbocycles. The Morgan fingerprint density at radius 2 is 1.84 bits per heavy atom. The maximum atomic E-state index is 13.9. The maximum Gasteiger partial charge on any atom is 0.251 e. The molecule has 0 spiro atoms. The standard InChI is InChI=1S/C22H24ClN3O3S2/c1-16-15-30-22(24-16)26(18-12-10-17(23)11-13-18)21(27)20-9-5-6-14-25(20)31(28,29)19-7-3-2-4-8-19/h2-4,7-8,10-13,16,20H,5-6,9,14-15H2,1H3/t16-,20-/m0/s1. The van der Waals surface area contributed by atoms with E-state index in [4.69, 9.17) is 11.6 Å². The van der Waals surface area contributed by atoms with Crippen molar-refractivity contribution in [1.29, 1.82) is 0 Å². The number of aliphatic imine (C=N–C) groups is 1. The summed E-state index contributed by atoms with van der Waals surface area (Å²) in [5.74, 6) is 0.505. The number of amidine groups is 1. The molecule has 0 radical (unpaired) electrons. The van der Waals surface area contributed by atoms with E-state index in [1.54, 1.807) is 59.5 Å². The molecule has 2 atom stereocenters. The molecule has 0 aromatic heterocycles. The van der Waals surface area contributed by atoms with E-state index >= 15 is 0 Å². The van der Waals surface area contributed by atoms with Gasteiger partial charge in [0.05, 0.1) is 16.6 Å². The molecule has 1 fully saturated rings. The second-order valence-corrected chi connectivity index (χ2v) is 11.0. The lowest BCUT2D eigenvalue weighted by molar-refractivity contribution is -0.122. The number of nitrogens with zero attached hydrogens (tertiary/aromatic N) is 3. The lowest BCUT2D eigenvalue weighted by Gasteiger charge is -2.36. The first kappa shape index (κ1) is 22.3. The van der Waals surface area contributed by atoms with Gasteiger partial charge in [-0.25, -0.2) is 8.42 Å². The van der Waals surface area contributed by atoms with Gasteiger partial charge in [0.1, 0.15) is 6.04 Å². The lowest BCUT2D eigenvalue weighted by atomic mass is 10.0. The zero-order valence-electron chi connectivity index (χ0n) is 17.1. The van der Waals surface area contributed by atoms with Crippen LogP contribution in [-0.2, 0) is 14.8 Å². The highest BCUT2D eigenvalue weighted by Gasteiger charge is 2.41. The van der Waals surface area contributed by atoms with Gasteiger partial charge in [0, 0.05) is 17.3 Å². The first-order valence-electron chi connectivity index (χ1n) is 10.2. The molecule has 4 rings (SSSR count). The zero-order valence-corrected chi connectivity index (χ0v) is 19.5.